The molecule has 0 saturated carbocycles. The molecule has 0 atom stereocenters. The second-order valence-corrected chi connectivity index (χ2v) is 3.22. The van der Waals surface area contributed by atoms with Crippen molar-refractivity contribution in [2.24, 2.45) is 0 Å². The Morgan fingerprint density at radius 1 is 1.57 bits per heavy atom. The second-order valence-electron chi connectivity index (χ2n) is 3.22. The third-order valence-electron chi connectivity index (χ3n) is 2.27. The van der Waals surface area contributed by atoms with Gasteiger partial charge in [0.05, 0.1) is 17.9 Å². The minimum absolute atomic E-state index is 0.596. The van der Waals surface area contributed by atoms with Crippen LogP contribution in [0.1, 0.15) is 11.3 Å². The normalized spacial score (nSPS) is 15.6. The van der Waals surface area contributed by atoms with Crippen LogP contribution in [-0.4, -0.2) is 24.9 Å². The lowest BCUT2D eigenvalue weighted by Crippen LogP contribution is -2.20. The van der Waals surface area contributed by atoms with E-state index in [1.165, 1.54) is 0 Å². The topological polar surface area (TPSA) is 49.2 Å². The third-order valence-corrected chi connectivity index (χ3v) is 2.27. The van der Waals surface area contributed by atoms with Gasteiger partial charge in [0.25, 0.3) is 0 Å². The zero-order valence-electron chi connectivity index (χ0n) is 8.03. The molecule has 14 heavy (non-hydrogen) atoms. The first kappa shape index (κ1) is 8.97. The molecule has 1 saturated heterocycles. The molecular formula is C10H11N3O. The van der Waals surface area contributed by atoms with Gasteiger partial charge in [-0.1, -0.05) is 0 Å². The molecule has 0 unspecified atom stereocenters. The van der Waals surface area contributed by atoms with Crippen molar-refractivity contribution >= 4 is 5.82 Å². The van der Waals surface area contributed by atoms with E-state index in [0.717, 1.165) is 24.7 Å². The van der Waals surface area contributed by atoms with E-state index in [1.807, 2.05) is 17.9 Å². The summed E-state index contributed by atoms with van der Waals surface area (Å²) < 4.78 is 5.23. The van der Waals surface area contributed by atoms with Gasteiger partial charge in [-0.15, -0.1) is 0 Å². The fraction of sp³-hybridized carbons (Fsp3) is 0.400. The van der Waals surface area contributed by atoms with Crippen molar-refractivity contribution in [3.63, 3.8) is 0 Å². The van der Waals surface area contributed by atoms with Gasteiger partial charge in [0.15, 0.2) is 0 Å². The smallest absolute Gasteiger partial charge is 0.130 e. The number of nitriles is 1. The molecule has 2 heterocycles. The minimum atomic E-state index is 0.596. The molecule has 2 rings (SSSR count). The maximum absolute atomic E-state index is 8.75. The number of nitrogens with zero attached hydrogens (tertiary/aromatic N) is 3. The summed E-state index contributed by atoms with van der Waals surface area (Å²) in [4.78, 5) is 6.40. The molecule has 0 bridgehead atoms. The van der Waals surface area contributed by atoms with E-state index >= 15 is 0 Å². The van der Waals surface area contributed by atoms with Crippen molar-refractivity contribution in [3.05, 3.63) is 23.4 Å². The van der Waals surface area contributed by atoms with Crippen molar-refractivity contribution in [1.82, 2.24) is 4.98 Å². The Morgan fingerprint density at radius 2 is 2.43 bits per heavy atom. The summed E-state index contributed by atoms with van der Waals surface area (Å²) >= 11 is 0. The van der Waals surface area contributed by atoms with Crippen molar-refractivity contribution in [2.45, 2.75) is 6.92 Å². The van der Waals surface area contributed by atoms with Crippen LogP contribution in [0.3, 0.4) is 0 Å². The summed E-state index contributed by atoms with van der Waals surface area (Å²) in [6.07, 6.45) is 0. The van der Waals surface area contributed by atoms with Crippen LogP contribution in [0.2, 0.25) is 0 Å². The average Bonchev–Trinajstić information content (AvgIpc) is 2.70. The summed E-state index contributed by atoms with van der Waals surface area (Å²) in [5.41, 5.74) is 1.41. The Bertz CT molecular complexity index is 377. The van der Waals surface area contributed by atoms with Gasteiger partial charge in [0, 0.05) is 6.54 Å². The Balaban J connectivity index is 2.28. The van der Waals surface area contributed by atoms with E-state index < -0.39 is 0 Å². The standard InChI is InChI=1S/C10H11N3O/c1-8-9(6-11)2-3-10(12-8)13-4-5-14-7-13/h2-3H,4-5,7H2,1H3. The van der Waals surface area contributed by atoms with Crippen LogP contribution in [0.4, 0.5) is 5.82 Å². The van der Waals surface area contributed by atoms with Gasteiger partial charge in [-0.25, -0.2) is 4.98 Å². The quantitative estimate of drug-likeness (QED) is 0.662. The number of ether oxygens (including phenoxy) is 1. The molecule has 1 aliphatic rings. The van der Waals surface area contributed by atoms with Crippen LogP contribution in [0, 0.1) is 18.3 Å². The third kappa shape index (κ3) is 1.54. The van der Waals surface area contributed by atoms with Crippen LogP contribution >= 0.6 is 0 Å². The molecule has 1 aromatic heterocycles. The van der Waals surface area contributed by atoms with Crippen molar-refractivity contribution in [2.75, 3.05) is 24.8 Å². The van der Waals surface area contributed by atoms with Crippen LogP contribution in [-0.2, 0) is 4.74 Å². The zero-order valence-corrected chi connectivity index (χ0v) is 8.03. The van der Waals surface area contributed by atoms with Crippen LogP contribution in [0.15, 0.2) is 12.1 Å². The predicted molar refractivity (Wildman–Crippen MR) is 51.9 cm³/mol. The molecule has 0 spiro atoms. The fourth-order valence-corrected chi connectivity index (χ4v) is 1.44. The number of pyridine rings is 1. The van der Waals surface area contributed by atoms with Crippen LogP contribution in [0.25, 0.3) is 0 Å². The fourth-order valence-electron chi connectivity index (χ4n) is 1.44. The first-order valence-corrected chi connectivity index (χ1v) is 4.51. The molecule has 0 amide bonds. The maximum Gasteiger partial charge on any atom is 0.130 e. The van der Waals surface area contributed by atoms with Crippen molar-refractivity contribution in [3.8, 4) is 6.07 Å². The molecule has 0 aliphatic carbocycles. The number of hydrogen-bond acceptors (Lipinski definition) is 4. The largest absolute Gasteiger partial charge is 0.359 e. The predicted octanol–water partition coefficient (Wildman–Crippen LogP) is 1.06. The van der Waals surface area contributed by atoms with Crippen molar-refractivity contribution in [1.29, 1.82) is 5.26 Å². The highest BCUT2D eigenvalue weighted by atomic mass is 16.5. The van der Waals surface area contributed by atoms with E-state index in [0.29, 0.717) is 12.3 Å². The van der Waals surface area contributed by atoms with Gasteiger partial charge in [-0.3, -0.25) is 0 Å². The molecular weight excluding hydrogens is 178 g/mol. The molecule has 4 heteroatoms. The molecule has 72 valence electrons. The molecule has 1 fully saturated rings. The van der Waals surface area contributed by atoms with Gasteiger partial charge in [0.2, 0.25) is 0 Å². The van der Waals surface area contributed by atoms with Gasteiger partial charge in [-0.05, 0) is 19.1 Å². The summed E-state index contributed by atoms with van der Waals surface area (Å²) in [7, 11) is 0. The molecule has 0 aromatic carbocycles. The van der Waals surface area contributed by atoms with Crippen molar-refractivity contribution < 1.29 is 4.74 Å². The molecule has 0 N–H and O–H groups in total. The number of aryl methyl sites for hydroxylation is 1. The van der Waals surface area contributed by atoms with Crippen LogP contribution in [0.5, 0.6) is 0 Å². The molecule has 1 aromatic rings. The van der Waals surface area contributed by atoms with E-state index in [1.54, 1.807) is 6.07 Å². The Kier molecular flexibility index (Phi) is 2.33. The number of hydrogen-bond donors (Lipinski definition) is 0. The minimum Gasteiger partial charge on any atom is -0.359 e. The highest BCUT2D eigenvalue weighted by molar-refractivity contribution is 5.45. The first-order chi connectivity index (χ1) is 6.81. The Hall–Kier alpha value is -1.60. The van der Waals surface area contributed by atoms with E-state index in [9.17, 15) is 0 Å². The Labute approximate surface area is 82.7 Å². The van der Waals surface area contributed by atoms with E-state index in [-0.39, 0.29) is 0 Å². The lowest BCUT2D eigenvalue weighted by atomic mass is 10.2. The average molecular weight is 189 g/mol. The number of rotatable bonds is 1. The number of anilines is 1. The van der Waals surface area contributed by atoms with E-state index in [2.05, 4.69) is 11.1 Å². The lowest BCUT2D eigenvalue weighted by Gasteiger charge is -2.14. The highest BCUT2D eigenvalue weighted by Crippen LogP contribution is 2.16. The SMILES string of the molecule is Cc1nc(N2CCOC2)ccc1C#N. The lowest BCUT2D eigenvalue weighted by molar-refractivity contribution is 0.201. The molecule has 0 radical (unpaired) electrons. The molecule has 1 aliphatic heterocycles. The second kappa shape index (κ2) is 3.64. The summed E-state index contributed by atoms with van der Waals surface area (Å²) in [5.74, 6) is 0.888. The van der Waals surface area contributed by atoms with Crippen LogP contribution < -0.4 is 4.90 Å². The van der Waals surface area contributed by atoms with E-state index in [4.69, 9.17) is 10.00 Å². The monoisotopic (exact) mass is 189 g/mol. The maximum atomic E-state index is 8.75. The van der Waals surface area contributed by atoms with Gasteiger partial charge in [0.1, 0.15) is 18.6 Å². The Morgan fingerprint density at radius 3 is 3.00 bits per heavy atom. The van der Waals surface area contributed by atoms with Gasteiger partial charge >= 0.3 is 0 Å². The van der Waals surface area contributed by atoms with Gasteiger partial charge < -0.3 is 9.64 Å². The van der Waals surface area contributed by atoms with Gasteiger partial charge in [-0.2, -0.15) is 5.26 Å². The first-order valence-electron chi connectivity index (χ1n) is 4.51. The highest BCUT2D eigenvalue weighted by Gasteiger charge is 2.14. The molecule has 4 nitrogen and oxygen atoms in total. The summed E-state index contributed by atoms with van der Waals surface area (Å²) in [5, 5.41) is 8.75. The summed E-state index contributed by atoms with van der Waals surface area (Å²) in [6, 6.07) is 5.76. The zero-order chi connectivity index (χ0) is 9.97. The summed E-state index contributed by atoms with van der Waals surface area (Å²) in [6.45, 7) is 4.07. The number of aromatic nitrogens is 1.